The summed E-state index contributed by atoms with van der Waals surface area (Å²) in [6.45, 7) is 7.98. The van der Waals surface area contributed by atoms with E-state index in [4.69, 9.17) is 9.15 Å². The largest absolute Gasteiger partial charge is 0.497 e. The Kier molecular flexibility index (Phi) is 8.00. The number of hydrogen-bond donors (Lipinski definition) is 1. The Hall–Kier alpha value is -3.19. The first kappa shape index (κ1) is 23.5. The minimum atomic E-state index is -0.333. The molecule has 0 saturated heterocycles. The molecule has 32 heavy (non-hydrogen) atoms. The van der Waals surface area contributed by atoms with Crippen LogP contribution in [0.4, 0.5) is 4.39 Å². The highest BCUT2D eigenvalue weighted by Crippen LogP contribution is 2.20. The fraction of sp³-hybridized carbons (Fsp3) is 0.360. The molecule has 1 atom stereocenters. The van der Waals surface area contributed by atoms with Crippen LogP contribution >= 0.6 is 0 Å². The van der Waals surface area contributed by atoms with Gasteiger partial charge in [0.1, 0.15) is 17.8 Å². The van der Waals surface area contributed by atoms with Crippen LogP contribution in [0.5, 0.6) is 5.75 Å². The van der Waals surface area contributed by atoms with E-state index < -0.39 is 0 Å². The average Bonchev–Trinajstić information content (AvgIpc) is 3.26. The number of aromatic nitrogens is 1. The Bertz CT molecular complexity index is 1020. The van der Waals surface area contributed by atoms with Gasteiger partial charge < -0.3 is 14.5 Å². The van der Waals surface area contributed by atoms with Gasteiger partial charge in [-0.2, -0.15) is 0 Å². The summed E-state index contributed by atoms with van der Waals surface area (Å²) in [6, 6.07) is 14.2. The molecule has 1 heterocycles. The van der Waals surface area contributed by atoms with Crippen molar-refractivity contribution in [3.8, 4) is 5.75 Å². The van der Waals surface area contributed by atoms with Crippen molar-refractivity contribution < 1.29 is 18.3 Å². The van der Waals surface area contributed by atoms with Gasteiger partial charge in [-0.25, -0.2) is 9.37 Å². The number of rotatable bonds is 10. The van der Waals surface area contributed by atoms with Gasteiger partial charge in [0.2, 0.25) is 5.89 Å². The van der Waals surface area contributed by atoms with Crippen LogP contribution in [0.1, 0.15) is 48.3 Å². The molecular formula is C25H30FN3O3. The highest BCUT2D eigenvalue weighted by molar-refractivity contribution is 5.91. The summed E-state index contributed by atoms with van der Waals surface area (Å²) in [5, 5.41) is 2.78. The third-order valence-corrected chi connectivity index (χ3v) is 5.55. The maximum atomic E-state index is 13.0. The number of carbonyl (C=O) groups excluding carboxylic acids is 1. The summed E-state index contributed by atoms with van der Waals surface area (Å²) in [5.74, 6) is 1.08. The van der Waals surface area contributed by atoms with E-state index in [1.165, 1.54) is 18.4 Å². The molecule has 0 radical (unpaired) electrons. The number of carbonyl (C=O) groups is 1. The lowest BCUT2D eigenvalue weighted by Gasteiger charge is -2.30. The SMILES string of the molecule is COc1cccc(CN(Cc2nc(C(=O)NCc3ccc(F)cc3)co2)C(C)C(C)C)c1. The third kappa shape index (κ3) is 6.40. The van der Waals surface area contributed by atoms with Crippen molar-refractivity contribution in [2.45, 2.75) is 46.4 Å². The van der Waals surface area contributed by atoms with Gasteiger partial charge in [-0.05, 0) is 48.2 Å². The predicted octanol–water partition coefficient (Wildman–Crippen LogP) is 4.80. The first-order valence-corrected chi connectivity index (χ1v) is 10.7. The Morgan fingerprint density at radius 3 is 2.56 bits per heavy atom. The minimum Gasteiger partial charge on any atom is -0.497 e. The average molecular weight is 440 g/mol. The minimum absolute atomic E-state index is 0.223. The fourth-order valence-electron chi connectivity index (χ4n) is 3.31. The summed E-state index contributed by atoms with van der Waals surface area (Å²) in [4.78, 5) is 19.1. The summed E-state index contributed by atoms with van der Waals surface area (Å²) < 4.78 is 24.0. The normalized spacial score (nSPS) is 12.2. The van der Waals surface area contributed by atoms with Gasteiger partial charge in [0, 0.05) is 19.1 Å². The maximum absolute atomic E-state index is 13.0. The van der Waals surface area contributed by atoms with Gasteiger partial charge in [0.25, 0.3) is 5.91 Å². The van der Waals surface area contributed by atoms with Crippen LogP contribution in [0.25, 0.3) is 0 Å². The van der Waals surface area contributed by atoms with Gasteiger partial charge in [-0.3, -0.25) is 9.69 Å². The molecule has 0 spiro atoms. The Morgan fingerprint density at radius 2 is 1.88 bits per heavy atom. The molecule has 0 aliphatic carbocycles. The van der Waals surface area contributed by atoms with E-state index in [1.807, 2.05) is 18.2 Å². The van der Waals surface area contributed by atoms with E-state index in [0.29, 0.717) is 24.9 Å². The number of methoxy groups -OCH3 is 1. The molecule has 3 rings (SSSR count). The number of nitrogens with one attached hydrogen (secondary N) is 1. The van der Waals surface area contributed by atoms with E-state index in [2.05, 4.69) is 42.0 Å². The van der Waals surface area contributed by atoms with Crippen LogP contribution in [0.15, 0.2) is 59.2 Å². The lowest BCUT2D eigenvalue weighted by atomic mass is 10.0. The van der Waals surface area contributed by atoms with E-state index in [1.54, 1.807) is 19.2 Å². The van der Waals surface area contributed by atoms with E-state index in [0.717, 1.165) is 16.9 Å². The second-order valence-electron chi connectivity index (χ2n) is 8.18. The molecule has 0 aliphatic rings. The Morgan fingerprint density at radius 1 is 1.12 bits per heavy atom. The monoisotopic (exact) mass is 439 g/mol. The van der Waals surface area contributed by atoms with E-state index >= 15 is 0 Å². The second kappa shape index (κ2) is 10.9. The van der Waals surface area contributed by atoms with Gasteiger partial charge in [-0.1, -0.05) is 38.1 Å². The summed E-state index contributed by atoms with van der Waals surface area (Å²) >= 11 is 0. The van der Waals surface area contributed by atoms with Gasteiger partial charge in [-0.15, -0.1) is 0 Å². The molecule has 0 aliphatic heterocycles. The molecule has 170 valence electrons. The lowest BCUT2D eigenvalue weighted by molar-refractivity contribution is 0.0945. The van der Waals surface area contributed by atoms with Crippen molar-refractivity contribution in [3.63, 3.8) is 0 Å². The Balaban J connectivity index is 1.66. The molecule has 1 aromatic heterocycles. The summed E-state index contributed by atoms with van der Waals surface area (Å²) in [6.07, 6.45) is 1.37. The van der Waals surface area contributed by atoms with Gasteiger partial charge >= 0.3 is 0 Å². The maximum Gasteiger partial charge on any atom is 0.273 e. The number of benzene rings is 2. The molecule has 0 saturated carbocycles. The number of nitrogens with zero attached hydrogens (tertiary/aromatic N) is 2. The highest BCUT2D eigenvalue weighted by atomic mass is 19.1. The molecule has 7 heteroatoms. The van der Waals surface area contributed by atoms with Crippen LogP contribution in [0.3, 0.4) is 0 Å². The third-order valence-electron chi connectivity index (χ3n) is 5.55. The zero-order valence-corrected chi connectivity index (χ0v) is 19.0. The van der Waals surface area contributed by atoms with Crippen LogP contribution in [0, 0.1) is 11.7 Å². The summed E-state index contributed by atoms with van der Waals surface area (Å²) in [7, 11) is 1.66. The predicted molar refractivity (Wildman–Crippen MR) is 121 cm³/mol. The number of ether oxygens (including phenoxy) is 1. The number of halogens is 1. The van der Waals surface area contributed by atoms with E-state index in [9.17, 15) is 9.18 Å². The van der Waals surface area contributed by atoms with Crippen LogP contribution in [0.2, 0.25) is 0 Å². The van der Waals surface area contributed by atoms with Gasteiger partial charge in [0.15, 0.2) is 5.69 Å². The van der Waals surface area contributed by atoms with Crippen molar-refractivity contribution in [3.05, 3.63) is 83.3 Å². The van der Waals surface area contributed by atoms with E-state index in [-0.39, 0.29) is 30.0 Å². The molecular weight excluding hydrogens is 409 g/mol. The standard InChI is InChI=1S/C25H30FN3O3/c1-17(2)18(3)29(14-20-6-5-7-22(12-20)31-4)15-24-28-23(16-32-24)25(30)27-13-19-8-10-21(26)11-9-19/h5-12,16-18H,13-15H2,1-4H3,(H,27,30). The molecule has 0 bridgehead atoms. The van der Waals surface area contributed by atoms with Crippen molar-refractivity contribution >= 4 is 5.91 Å². The topological polar surface area (TPSA) is 67.6 Å². The molecule has 1 amide bonds. The molecule has 3 aromatic rings. The smallest absolute Gasteiger partial charge is 0.273 e. The van der Waals surface area contributed by atoms with Gasteiger partial charge in [0.05, 0.1) is 13.7 Å². The van der Waals surface area contributed by atoms with Crippen molar-refractivity contribution in [1.29, 1.82) is 0 Å². The first-order chi connectivity index (χ1) is 15.4. The lowest BCUT2D eigenvalue weighted by Crippen LogP contribution is -2.36. The molecule has 1 unspecified atom stereocenters. The van der Waals surface area contributed by atoms with Crippen LogP contribution < -0.4 is 10.1 Å². The van der Waals surface area contributed by atoms with Crippen molar-refractivity contribution in [2.75, 3.05) is 7.11 Å². The van der Waals surface area contributed by atoms with Crippen LogP contribution in [-0.2, 0) is 19.6 Å². The van der Waals surface area contributed by atoms with Crippen molar-refractivity contribution in [2.24, 2.45) is 5.92 Å². The molecule has 6 nitrogen and oxygen atoms in total. The first-order valence-electron chi connectivity index (χ1n) is 10.7. The second-order valence-corrected chi connectivity index (χ2v) is 8.18. The molecule has 2 aromatic carbocycles. The highest BCUT2D eigenvalue weighted by Gasteiger charge is 2.21. The number of amides is 1. The summed E-state index contributed by atoms with van der Waals surface area (Å²) in [5.41, 5.74) is 2.15. The van der Waals surface area contributed by atoms with Crippen LogP contribution in [-0.4, -0.2) is 28.9 Å². The quantitative estimate of drug-likeness (QED) is 0.492. The number of hydrogen-bond acceptors (Lipinski definition) is 5. The Labute approximate surface area is 188 Å². The molecule has 0 fully saturated rings. The number of oxazole rings is 1. The van der Waals surface area contributed by atoms with Crippen molar-refractivity contribution in [1.82, 2.24) is 15.2 Å². The molecule has 1 N–H and O–H groups in total. The fourth-order valence-corrected chi connectivity index (χ4v) is 3.31. The zero-order valence-electron chi connectivity index (χ0n) is 19.0. The zero-order chi connectivity index (χ0) is 23.1.